The van der Waals surface area contributed by atoms with E-state index < -0.39 is 4.57 Å². The fourth-order valence-corrected chi connectivity index (χ4v) is 1.92. The highest BCUT2D eigenvalue weighted by atomic mass is 79.9. The lowest BCUT2D eigenvalue weighted by Crippen LogP contribution is -2.08. The van der Waals surface area contributed by atoms with E-state index in [-0.39, 0.29) is 0 Å². The van der Waals surface area contributed by atoms with Gasteiger partial charge in [0.15, 0.2) is 0 Å². The minimum Gasteiger partial charge on any atom is -0.214 e. The molecule has 0 aliphatic carbocycles. The molecule has 1 radical (unpaired) electrons. The second kappa shape index (κ2) is 3.20. The molecule has 5 heteroatoms. The normalized spacial score (nSPS) is 25.4. The molecular weight excluding hydrogens is 253 g/mol. The van der Waals surface area contributed by atoms with Crippen LogP contribution in [-0.4, -0.2) is 6.34 Å². The molecule has 0 aromatic heterocycles. The van der Waals surface area contributed by atoms with Crippen molar-refractivity contribution in [3.63, 3.8) is 0 Å². The van der Waals surface area contributed by atoms with Crippen molar-refractivity contribution >= 4 is 33.9 Å². The van der Waals surface area contributed by atoms with E-state index in [0.717, 1.165) is 5.56 Å². The van der Waals surface area contributed by atoms with Gasteiger partial charge in [-0.2, -0.15) is 0 Å². The van der Waals surface area contributed by atoms with Gasteiger partial charge in [0.05, 0.1) is 0 Å². The molecule has 1 aliphatic heterocycles. The monoisotopic (exact) mass is 256 g/mol. The predicted molar refractivity (Wildman–Crippen MR) is 54.3 cm³/mol. The van der Waals surface area contributed by atoms with Gasteiger partial charge in [-0.15, -0.1) is 10.2 Å². The van der Waals surface area contributed by atoms with Crippen molar-refractivity contribution in [2.75, 3.05) is 0 Å². The number of nitrogens with zero attached hydrogens (tertiary/aromatic N) is 3. The standard InChI is InChI=1S/C8H4BrClN3/c9-8(11-5-12-13-8)6-3-1-2-4-7(6)10/h1-4H. The molecule has 0 saturated carbocycles. The van der Waals surface area contributed by atoms with Crippen LogP contribution in [-0.2, 0) is 4.57 Å². The molecule has 13 heavy (non-hydrogen) atoms. The zero-order valence-electron chi connectivity index (χ0n) is 6.41. The lowest BCUT2D eigenvalue weighted by Gasteiger charge is -2.14. The second-order valence-corrected chi connectivity index (χ2v) is 3.99. The van der Waals surface area contributed by atoms with Crippen molar-refractivity contribution in [2.45, 2.75) is 4.57 Å². The number of hydrogen-bond acceptors (Lipinski definition) is 3. The summed E-state index contributed by atoms with van der Waals surface area (Å²) in [4.78, 5) is 3.95. The van der Waals surface area contributed by atoms with Gasteiger partial charge in [-0.05, 0) is 22.0 Å². The summed E-state index contributed by atoms with van der Waals surface area (Å²) in [7, 11) is 0. The van der Waals surface area contributed by atoms with Gasteiger partial charge < -0.3 is 0 Å². The summed E-state index contributed by atoms with van der Waals surface area (Å²) < 4.78 is -0.870. The van der Waals surface area contributed by atoms with E-state index in [1.807, 2.05) is 18.2 Å². The Bertz CT molecular complexity index is 377. The Morgan fingerprint density at radius 3 is 2.77 bits per heavy atom. The summed E-state index contributed by atoms with van der Waals surface area (Å²) >= 11 is 9.31. The first kappa shape index (κ1) is 8.84. The van der Waals surface area contributed by atoms with Gasteiger partial charge in [0.1, 0.15) is 0 Å². The maximum Gasteiger partial charge on any atom is 0.254 e. The summed E-state index contributed by atoms with van der Waals surface area (Å²) in [5.74, 6) is 0. The van der Waals surface area contributed by atoms with Crippen LogP contribution in [0.4, 0.5) is 0 Å². The quantitative estimate of drug-likeness (QED) is 0.547. The van der Waals surface area contributed by atoms with Crippen LogP contribution in [0, 0.1) is 0 Å². The van der Waals surface area contributed by atoms with E-state index in [1.54, 1.807) is 6.07 Å². The topological polar surface area (TPSA) is 37.1 Å². The molecule has 1 aromatic rings. The number of aliphatic imine (C=N–C) groups is 1. The summed E-state index contributed by atoms with van der Waals surface area (Å²) in [5.41, 5.74) is 0.769. The van der Waals surface area contributed by atoms with E-state index in [4.69, 9.17) is 11.6 Å². The maximum atomic E-state index is 5.97. The molecule has 0 saturated heterocycles. The van der Waals surface area contributed by atoms with Crippen molar-refractivity contribution in [1.82, 2.24) is 0 Å². The molecule has 1 unspecified atom stereocenters. The summed E-state index contributed by atoms with van der Waals surface area (Å²) in [6.07, 6.45) is 2.42. The van der Waals surface area contributed by atoms with Crippen LogP contribution in [0.5, 0.6) is 0 Å². The van der Waals surface area contributed by atoms with Crippen LogP contribution in [0.15, 0.2) is 39.5 Å². The van der Waals surface area contributed by atoms with Crippen LogP contribution in [0.25, 0.3) is 0 Å². The van der Waals surface area contributed by atoms with E-state index >= 15 is 0 Å². The van der Waals surface area contributed by atoms with Gasteiger partial charge in [-0.1, -0.05) is 29.8 Å². The van der Waals surface area contributed by atoms with Crippen LogP contribution in [0.2, 0.25) is 5.02 Å². The smallest absolute Gasteiger partial charge is 0.214 e. The second-order valence-electron chi connectivity index (χ2n) is 2.48. The molecule has 65 valence electrons. The molecule has 1 aliphatic rings. The highest BCUT2D eigenvalue weighted by Crippen LogP contribution is 2.40. The summed E-state index contributed by atoms with van der Waals surface area (Å²) in [5, 5.41) is 8.04. The molecule has 2 rings (SSSR count). The van der Waals surface area contributed by atoms with Crippen LogP contribution < -0.4 is 0 Å². The van der Waals surface area contributed by atoms with Gasteiger partial charge in [0.25, 0.3) is 4.57 Å². The van der Waals surface area contributed by atoms with Crippen LogP contribution >= 0.6 is 27.5 Å². The molecule has 0 N–H and O–H groups in total. The lowest BCUT2D eigenvalue weighted by atomic mass is 10.2. The molecule has 0 amide bonds. The zero-order chi connectivity index (χ0) is 9.31. The average molecular weight is 257 g/mol. The molecule has 1 atom stereocenters. The fourth-order valence-electron chi connectivity index (χ4n) is 1.03. The minimum absolute atomic E-state index is 0.603. The molecule has 0 bridgehead atoms. The first-order valence-corrected chi connectivity index (χ1v) is 4.72. The van der Waals surface area contributed by atoms with Crippen molar-refractivity contribution in [1.29, 1.82) is 0 Å². The Morgan fingerprint density at radius 2 is 2.15 bits per heavy atom. The van der Waals surface area contributed by atoms with Crippen molar-refractivity contribution < 1.29 is 0 Å². The fraction of sp³-hybridized carbons (Fsp3) is 0.125. The minimum atomic E-state index is -0.870. The van der Waals surface area contributed by atoms with E-state index in [9.17, 15) is 0 Å². The molecular formula is C8H4BrClN3. The first-order chi connectivity index (χ1) is 6.22. The van der Waals surface area contributed by atoms with Gasteiger partial charge in [0.2, 0.25) is 6.34 Å². The highest BCUT2D eigenvalue weighted by Gasteiger charge is 2.32. The third kappa shape index (κ3) is 1.51. The van der Waals surface area contributed by atoms with Crippen molar-refractivity contribution in [3.05, 3.63) is 34.9 Å². The highest BCUT2D eigenvalue weighted by molar-refractivity contribution is 9.09. The predicted octanol–water partition coefficient (Wildman–Crippen LogP) is 3.22. The molecule has 0 spiro atoms. The van der Waals surface area contributed by atoms with Gasteiger partial charge >= 0.3 is 0 Å². The van der Waals surface area contributed by atoms with Crippen LogP contribution in [0.1, 0.15) is 5.56 Å². The van der Waals surface area contributed by atoms with Crippen molar-refractivity contribution in [3.8, 4) is 0 Å². The largest absolute Gasteiger partial charge is 0.254 e. The lowest BCUT2D eigenvalue weighted by molar-refractivity contribution is 0.715. The molecule has 1 heterocycles. The van der Waals surface area contributed by atoms with Crippen molar-refractivity contribution in [2.24, 2.45) is 15.2 Å². The summed E-state index contributed by atoms with van der Waals surface area (Å²) in [6.45, 7) is 0. The molecule has 3 nitrogen and oxygen atoms in total. The van der Waals surface area contributed by atoms with E-state index in [2.05, 4.69) is 37.5 Å². The number of rotatable bonds is 1. The Morgan fingerprint density at radius 1 is 1.38 bits per heavy atom. The first-order valence-electron chi connectivity index (χ1n) is 3.55. The third-order valence-electron chi connectivity index (χ3n) is 1.64. The number of azo groups is 1. The van der Waals surface area contributed by atoms with Gasteiger partial charge in [0, 0.05) is 10.6 Å². The van der Waals surface area contributed by atoms with Gasteiger partial charge in [-0.25, -0.2) is 4.99 Å². The third-order valence-corrected chi connectivity index (χ3v) is 2.73. The number of halogens is 2. The van der Waals surface area contributed by atoms with E-state index in [1.165, 1.54) is 0 Å². The average Bonchev–Trinajstić information content (AvgIpc) is 2.54. The van der Waals surface area contributed by atoms with E-state index in [0.29, 0.717) is 5.02 Å². The summed E-state index contributed by atoms with van der Waals surface area (Å²) in [6, 6.07) is 7.34. The Labute approximate surface area is 88.7 Å². The number of benzene rings is 1. The van der Waals surface area contributed by atoms with Crippen LogP contribution in [0.3, 0.4) is 0 Å². The Hall–Kier alpha value is -0.740. The number of alkyl halides is 1. The molecule has 1 aromatic carbocycles. The zero-order valence-corrected chi connectivity index (χ0v) is 8.75. The SMILES string of the molecule is Clc1ccccc1C1(Br)N=[C]N=N1. The number of hydrogen-bond donors (Lipinski definition) is 0. The molecule has 0 fully saturated rings. The van der Waals surface area contributed by atoms with Gasteiger partial charge in [-0.3, -0.25) is 0 Å². The Balaban J connectivity index is 2.52. The Kier molecular flexibility index (Phi) is 2.17. The maximum absolute atomic E-state index is 5.97.